The maximum absolute atomic E-state index is 12.4. The van der Waals surface area contributed by atoms with Crippen molar-refractivity contribution in [1.82, 2.24) is 14.6 Å². The van der Waals surface area contributed by atoms with E-state index in [1.807, 2.05) is 25.1 Å². The van der Waals surface area contributed by atoms with Crippen molar-refractivity contribution in [3.8, 4) is 17.2 Å². The Labute approximate surface area is 185 Å². The molecule has 1 aromatic carbocycles. The van der Waals surface area contributed by atoms with E-state index in [2.05, 4.69) is 15.0 Å². The Hall–Kier alpha value is -3.33. The normalized spacial score (nSPS) is 16.4. The Bertz CT molecular complexity index is 1190. The highest BCUT2D eigenvalue weighted by Crippen LogP contribution is 2.35. The number of ether oxygens (including phenoxy) is 4. The Balaban J connectivity index is 1.34. The van der Waals surface area contributed by atoms with E-state index >= 15 is 0 Å². The minimum Gasteiger partial charge on any atom is -0.490 e. The van der Waals surface area contributed by atoms with Crippen molar-refractivity contribution >= 4 is 11.5 Å². The number of fused-ring (bicyclic) bond motifs is 2. The van der Waals surface area contributed by atoms with Crippen LogP contribution in [0.15, 0.2) is 35.3 Å². The highest BCUT2D eigenvalue weighted by Gasteiger charge is 2.26. The van der Waals surface area contributed by atoms with Gasteiger partial charge in [0.15, 0.2) is 23.0 Å². The molecular formula is C23H26N4O5. The number of nitrogens with zero attached hydrogens (tertiary/aromatic N) is 4. The molecule has 0 atom stereocenters. The summed E-state index contributed by atoms with van der Waals surface area (Å²) in [6, 6.07) is 7.13. The summed E-state index contributed by atoms with van der Waals surface area (Å²) in [6.07, 6.45) is 3.28. The molecule has 0 saturated carbocycles. The molecular weight excluding hydrogens is 412 g/mol. The summed E-state index contributed by atoms with van der Waals surface area (Å²) in [4.78, 5) is 18.9. The summed E-state index contributed by atoms with van der Waals surface area (Å²) in [7, 11) is 1.66. The number of benzene rings is 1. The van der Waals surface area contributed by atoms with Gasteiger partial charge in [0, 0.05) is 62.5 Å². The third-order valence-electron chi connectivity index (χ3n) is 5.92. The molecule has 0 N–H and O–H groups in total. The van der Waals surface area contributed by atoms with E-state index in [1.54, 1.807) is 7.11 Å². The van der Waals surface area contributed by atoms with E-state index in [9.17, 15) is 4.79 Å². The first kappa shape index (κ1) is 20.6. The molecule has 9 heteroatoms. The van der Waals surface area contributed by atoms with E-state index in [1.165, 1.54) is 16.8 Å². The number of methoxy groups -OCH3 is 1. The summed E-state index contributed by atoms with van der Waals surface area (Å²) in [5.74, 6) is 3.03. The fourth-order valence-electron chi connectivity index (χ4n) is 4.26. The number of piperidine rings is 1. The molecule has 2 aliphatic rings. The molecule has 32 heavy (non-hydrogen) atoms. The molecule has 1 saturated heterocycles. The molecule has 2 aromatic heterocycles. The molecule has 3 aromatic rings. The molecule has 5 rings (SSSR count). The minimum atomic E-state index is -0.194. The van der Waals surface area contributed by atoms with Gasteiger partial charge in [-0.05, 0) is 19.1 Å². The van der Waals surface area contributed by atoms with Gasteiger partial charge in [0.1, 0.15) is 25.1 Å². The van der Waals surface area contributed by atoms with E-state index < -0.39 is 0 Å². The first-order chi connectivity index (χ1) is 15.6. The number of rotatable bonds is 5. The number of hydrogen-bond acceptors (Lipinski definition) is 8. The lowest BCUT2D eigenvalue weighted by Gasteiger charge is -2.34. The van der Waals surface area contributed by atoms with Gasteiger partial charge in [-0.3, -0.25) is 4.79 Å². The average Bonchev–Trinajstić information content (AvgIpc) is 2.82. The molecule has 0 radical (unpaired) electrons. The summed E-state index contributed by atoms with van der Waals surface area (Å²) < 4.78 is 24.3. The Kier molecular flexibility index (Phi) is 5.57. The summed E-state index contributed by atoms with van der Waals surface area (Å²) in [5.41, 5.74) is 2.23. The van der Waals surface area contributed by atoms with Gasteiger partial charge in [0.25, 0.3) is 5.56 Å². The van der Waals surface area contributed by atoms with Crippen LogP contribution < -0.4 is 24.7 Å². The zero-order chi connectivity index (χ0) is 22.1. The van der Waals surface area contributed by atoms with Crippen molar-refractivity contribution < 1.29 is 18.9 Å². The van der Waals surface area contributed by atoms with E-state index in [0.717, 1.165) is 60.1 Å². The van der Waals surface area contributed by atoms with Gasteiger partial charge in [-0.2, -0.15) is 4.52 Å². The second kappa shape index (κ2) is 8.66. The number of aromatic nitrogens is 3. The summed E-state index contributed by atoms with van der Waals surface area (Å²) in [6.45, 7) is 5.01. The van der Waals surface area contributed by atoms with Crippen LogP contribution in [-0.4, -0.2) is 54.1 Å². The van der Waals surface area contributed by atoms with Crippen LogP contribution in [0.1, 0.15) is 24.0 Å². The summed E-state index contributed by atoms with van der Waals surface area (Å²) in [5, 5.41) is 4.65. The highest BCUT2D eigenvalue weighted by molar-refractivity contribution is 5.59. The van der Waals surface area contributed by atoms with Gasteiger partial charge in [-0.1, -0.05) is 0 Å². The van der Waals surface area contributed by atoms with Gasteiger partial charge < -0.3 is 23.8 Å². The first-order valence-corrected chi connectivity index (χ1v) is 10.8. The molecule has 0 unspecified atom stereocenters. The zero-order valence-corrected chi connectivity index (χ0v) is 18.2. The van der Waals surface area contributed by atoms with Gasteiger partial charge in [0.2, 0.25) is 0 Å². The van der Waals surface area contributed by atoms with Crippen LogP contribution in [0, 0.1) is 6.92 Å². The van der Waals surface area contributed by atoms with Gasteiger partial charge >= 0.3 is 0 Å². The van der Waals surface area contributed by atoms with Crippen LogP contribution in [-0.2, 0) is 11.3 Å². The zero-order valence-electron chi connectivity index (χ0n) is 18.2. The maximum Gasteiger partial charge on any atom is 0.274 e. The third kappa shape index (κ3) is 3.84. The molecule has 9 nitrogen and oxygen atoms in total. The van der Waals surface area contributed by atoms with Gasteiger partial charge in [0.05, 0.1) is 6.61 Å². The fourth-order valence-corrected chi connectivity index (χ4v) is 4.26. The molecule has 0 spiro atoms. The second-order valence-electron chi connectivity index (χ2n) is 7.99. The SMILES string of the molecule is COCc1c(N2CCC(Oc3ccc4c(c3)OCCO4)CC2)nn2c(=O)ccnc2c1C. The van der Waals surface area contributed by atoms with Crippen LogP contribution >= 0.6 is 0 Å². The van der Waals surface area contributed by atoms with Crippen molar-refractivity contribution in [2.75, 3.05) is 38.3 Å². The molecule has 2 aliphatic heterocycles. The van der Waals surface area contributed by atoms with Crippen molar-refractivity contribution in [2.45, 2.75) is 32.5 Å². The topological polar surface area (TPSA) is 87.4 Å². The lowest BCUT2D eigenvalue weighted by atomic mass is 10.1. The van der Waals surface area contributed by atoms with E-state index in [0.29, 0.717) is 25.5 Å². The largest absolute Gasteiger partial charge is 0.490 e. The van der Waals surface area contributed by atoms with E-state index in [-0.39, 0.29) is 11.7 Å². The van der Waals surface area contributed by atoms with Crippen molar-refractivity contribution in [1.29, 1.82) is 0 Å². The number of hydrogen-bond donors (Lipinski definition) is 0. The van der Waals surface area contributed by atoms with E-state index in [4.69, 9.17) is 18.9 Å². The van der Waals surface area contributed by atoms with Crippen molar-refractivity contribution in [3.63, 3.8) is 0 Å². The molecule has 0 bridgehead atoms. The lowest BCUT2D eigenvalue weighted by molar-refractivity contribution is 0.158. The van der Waals surface area contributed by atoms with Crippen molar-refractivity contribution in [2.24, 2.45) is 0 Å². The fraction of sp³-hybridized carbons (Fsp3) is 0.435. The molecule has 0 aliphatic carbocycles. The predicted molar refractivity (Wildman–Crippen MR) is 118 cm³/mol. The average molecular weight is 438 g/mol. The maximum atomic E-state index is 12.4. The standard InChI is InChI=1S/C23H26N4O5/c1-15-18(14-29-2)23(25-27-21(28)5-8-24-22(15)27)26-9-6-16(7-10-26)32-17-3-4-19-20(13-17)31-12-11-30-19/h3-5,8,13,16H,6-7,9-12,14H2,1-2H3. The van der Waals surface area contributed by atoms with Crippen LogP contribution in [0.4, 0.5) is 5.82 Å². The number of anilines is 1. The quantitative estimate of drug-likeness (QED) is 0.600. The number of aryl methyl sites for hydroxylation is 1. The Morgan fingerprint density at radius 1 is 1.12 bits per heavy atom. The van der Waals surface area contributed by atoms with Gasteiger partial charge in [-0.15, -0.1) is 5.10 Å². The smallest absolute Gasteiger partial charge is 0.274 e. The Morgan fingerprint density at radius 2 is 1.91 bits per heavy atom. The van der Waals surface area contributed by atoms with Crippen LogP contribution in [0.25, 0.3) is 5.65 Å². The molecule has 0 amide bonds. The second-order valence-corrected chi connectivity index (χ2v) is 7.99. The third-order valence-corrected chi connectivity index (χ3v) is 5.92. The predicted octanol–water partition coefficient (Wildman–Crippen LogP) is 2.36. The first-order valence-electron chi connectivity index (χ1n) is 10.8. The lowest BCUT2D eigenvalue weighted by Crippen LogP contribution is -2.40. The van der Waals surface area contributed by atoms with Crippen LogP contribution in [0.5, 0.6) is 17.2 Å². The molecule has 1 fully saturated rings. The Morgan fingerprint density at radius 3 is 2.69 bits per heavy atom. The van der Waals surface area contributed by atoms with Crippen molar-refractivity contribution in [3.05, 3.63) is 51.9 Å². The monoisotopic (exact) mass is 438 g/mol. The van der Waals surface area contributed by atoms with Gasteiger partial charge in [-0.25, -0.2) is 4.98 Å². The van der Waals surface area contributed by atoms with Crippen LogP contribution in [0.3, 0.4) is 0 Å². The van der Waals surface area contributed by atoms with Crippen LogP contribution in [0.2, 0.25) is 0 Å². The minimum absolute atomic E-state index is 0.0885. The molecule has 4 heterocycles. The molecule has 168 valence electrons. The highest BCUT2D eigenvalue weighted by atomic mass is 16.6. The summed E-state index contributed by atoms with van der Waals surface area (Å²) >= 11 is 0.